The molecule has 0 aliphatic carbocycles. The van der Waals surface area contributed by atoms with E-state index < -0.39 is 0 Å². The molecule has 0 saturated carbocycles. The minimum absolute atomic E-state index is 0.442. The molecule has 4 heteroatoms. The molecule has 0 aromatic carbocycles. The highest BCUT2D eigenvalue weighted by atomic mass is 32.1. The third kappa shape index (κ3) is 3.19. The highest BCUT2D eigenvalue weighted by Gasteiger charge is 2.15. The molecule has 3 nitrogen and oxygen atoms in total. The maximum absolute atomic E-state index is 4.68. The average molecular weight is 275 g/mol. The predicted molar refractivity (Wildman–Crippen MR) is 81.8 cm³/mol. The number of rotatable bonds is 5. The first-order valence-corrected chi connectivity index (χ1v) is 7.61. The van der Waals surface area contributed by atoms with Gasteiger partial charge in [0.05, 0.1) is 4.88 Å². The first kappa shape index (κ1) is 14.2. The van der Waals surface area contributed by atoms with Gasteiger partial charge in [-0.05, 0) is 43.3 Å². The molecule has 1 atom stereocenters. The molecule has 0 amide bonds. The Kier molecular flexibility index (Phi) is 4.66. The fourth-order valence-electron chi connectivity index (χ4n) is 2.42. The third-order valence-electron chi connectivity index (χ3n) is 3.26. The summed E-state index contributed by atoms with van der Waals surface area (Å²) in [6.45, 7) is 10.5. The molecule has 2 aromatic heterocycles. The number of hydrogen-bond acceptors (Lipinski definition) is 4. The predicted octanol–water partition coefficient (Wildman–Crippen LogP) is 3.53. The van der Waals surface area contributed by atoms with Gasteiger partial charge in [-0.3, -0.25) is 0 Å². The molecule has 0 fully saturated rings. The Balaban J connectivity index is 2.32. The molecular weight excluding hydrogens is 254 g/mol. The number of thiophene rings is 1. The van der Waals surface area contributed by atoms with Gasteiger partial charge in [-0.25, -0.2) is 9.97 Å². The quantitative estimate of drug-likeness (QED) is 0.907. The molecule has 0 bridgehead atoms. The van der Waals surface area contributed by atoms with Crippen molar-refractivity contribution in [2.45, 2.75) is 33.6 Å². The van der Waals surface area contributed by atoms with E-state index in [0.717, 1.165) is 35.2 Å². The Morgan fingerprint density at radius 3 is 2.47 bits per heavy atom. The van der Waals surface area contributed by atoms with Crippen molar-refractivity contribution in [3.8, 4) is 10.7 Å². The van der Waals surface area contributed by atoms with E-state index >= 15 is 0 Å². The molecule has 0 spiro atoms. The maximum Gasteiger partial charge on any atom is 0.169 e. The molecule has 1 unspecified atom stereocenters. The summed E-state index contributed by atoms with van der Waals surface area (Å²) < 4.78 is 0. The second-order valence-corrected chi connectivity index (χ2v) is 5.77. The number of aromatic nitrogens is 2. The van der Waals surface area contributed by atoms with Crippen LogP contribution in [0.4, 0.5) is 0 Å². The van der Waals surface area contributed by atoms with Gasteiger partial charge in [-0.2, -0.15) is 0 Å². The summed E-state index contributed by atoms with van der Waals surface area (Å²) in [4.78, 5) is 10.5. The smallest absolute Gasteiger partial charge is 0.169 e. The SMILES string of the molecule is CCNCC(C)c1c(C)nc(-c2cccs2)nc1C. The van der Waals surface area contributed by atoms with Crippen LogP contribution in [-0.4, -0.2) is 23.1 Å². The molecule has 2 rings (SSSR count). The summed E-state index contributed by atoms with van der Waals surface area (Å²) >= 11 is 1.68. The molecule has 2 aromatic rings. The minimum atomic E-state index is 0.442. The van der Waals surface area contributed by atoms with E-state index in [1.54, 1.807) is 11.3 Å². The normalized spacial score (nSPS) is 12.6. The molecule has 1 N–H and O–H groups in total. The van der Waals surface area contributed by atoms with Gasteiger partial charge in [0.2, 0.25) is 0 Å². The van der Waals surface area contributed by atoms with Crippen LogP contribution in [0.2, 0.25) is 0 Å². The Labute approximate surface area is 119 Å². The van der Waals surface area contributed by atoms with Gasteiger partial charge in [0, 0.05) is 17.9 Å². The lowest BCUT2D eigenvalue weighted by Crippen LogP contribution is -2.21. The van der Waals surface area contributed by atoms with Crippen molar-refractivity contribution in [3.63, 3.8) is 0 Å². The molecule has 102 valence electrons. The van der Waals surface area contributed by atoms with Crippen LogP contribution in [0.3, 0.4) is 0 Å². The van der Waals surface area contributed by atoms with Crippen molar-refractivity contribution in [3.05, 3.63) is 34.5 Å². The average Bonchev–Trinajstić information content (AvgIpc) is 2.89. The zero-order chi connectivity index (χ0) is 13.8. The van der Waals surface area contributed by atoms with E-state index in [-0.39, 0.29) is 0 Å². The Bertz CT molecular complexity index is 511. The van der Waals surface area contributed by atoms with Gasteiger partial charge in [-0.1, -0.05) is 19.9 Å². The standard InChI is InChI=1S/C15H21N3S/c1-5-16-9-10(2)14-11(3)17-15(18-12(14)4)13-7-6-8-19-13/h6-8,10,16H,5,9H2,1-4H3. The fourth-order valence-corrected chi connectivity index (χ4v) is 3.07. The van der Waals surface area contributed by atoms with E-state index in [0.29, 0.717) is 5.92 Å². The Hall–Kier alpha value is -1.26. The number of nitrogens with one attached hydrogen (secondary N) is 1. The van der Waals surface area contributed by atoms with Gasteiger partial charge in [0.15, 0.2) is 5.82 Å². The maximum atomic E-state index is 4.68. The number of nitrogens with zero attached hydrogens (tertiary/aromatic N) is 2. The number of likely N-dealkylation sites (N-methyl/N-ethyl adjacent to an activating group) is 1. The molecular formula is C15H21N3S. The zero-order valence-electron chi connectivity index (χ0n) is 12.0. The van der Waals surface area contributed by atoms with Crippen molar-refractivity contribution in [2.24, 2.45) is 0 Å². The monoisotopic (exact) mass is 275 g/mol. The molecule has 19 heavy (non-hydrogen) atoms. The second-order valence-electron chi connectivity index (χ2n) is 4.82. The summed E-state index contributed by atoms with van der Waals surface area (Å²) in [7, 11) is 0. The van der Waals surface area contributed by atoms with Crippen molar-refractivity contribution >= 4 is 11.3 Å². The number of aryl methyl sites for hydroxylation is 2. The van der Waals surface area contributed by atoms with E-state index in [1.807, 2.05) is 6.07 Å². The van der Waals surface area contributed by atoms with Gasteiger partial charge in [0.1, 0.15) is 0 Å². The van der Waals surface area contributed by atoms with E-state index in [1.165, 1.54) is 5.56 Å². The third-order valence-corrected chi connectivity index (χ3v) is 4.13. The van der Waals surface area contributed by atoms with Crippen molar-refractivity contribution in [1.82, 2.24) is 15.3 Å². The van der Waals surface area contributed by atoms with E-state index in [4.69, 9.17) is 0 Å². The summed E-state index contributed by atoms with van der Waals surface area (Å²) in [5, 5.41) is 5.45. The fraction of sp³-hybridized carbons (Fsp3) is 0.467. The second kappa shape index (κ2) is 6.26. The molecule has 0 radical (unpaired) electrons. The van der Waals surface area contributed by atoms with Gasteiger partial charge < -0.3 is 5.32 Å². The summed E-state index contributed by atoms with van der Waals surface area (Å²) in [6, 6.07) is 4.11. The largest absolute Gasteiger partial charge is 0.316 e. The molecule has 2 heterocycles. The van der Waals surface area contributed by atoms with Crippen LogP contribution < -0.4 is 5.32 Å². The van der Waals surface area contributed by atoms with Crippen LogP contribution in [0.1, 0.15) is 36.7 Å². The van der Waals surface area contributed by atoms with E-state index in [2.05, 4.69) is 54.4 Å². The first-order chi connectivity index (χ1) is 9.13. The van der Waals surface area contributed by atoms with Crippen LogP contribution in [0.25, 0.3) is 10.7 Å². The van der Waals surface area contributed by atoms with Gasteiger partial charge >= 0.3 is 0 Å². The lowest BCUT2D eigenvalue weighted by Gasteiger charge is -2.17. The van der Waals surface area contributed by atoms with Crippen LogP contribution in [0.15, 0.2) is 17.5 Å². The lowest BCUT2D eigenvalue weighted by atomic mass is 9.98. The van der Waals surface area contributed by atoms with Crippen LogP contribution >= 0.6 is 11.3 Å². The summed E-state index contributed by atoms with van der Waals surface area (Å²) in [6.07, 6.45) is 0. The first-order valence-electron chi connectivity index (χ1n) is 6.73. The van der Waals surface area contributed by atoms with Crippen molar-refractivity contribution < 1.29 is 0 Å². The van der Waals surface area contributed by atoms with Gasteiger partial charge in [-0.15, -0.1) is 11.3 Å². The molecule has 0 aliphatic heterocycles. The van der Waals surface area contributed by atoms with Crippen LogP contribution in [0, 0.1) is 13.8 Å². The lowest BCUT2D eigenvalue weighted by molar-refractivity contribution is 0.625. The Morgan fingerprint density at radius 2 is 1.95 bits per heavy atom. The number of hydrogen-bond donors (Lipinski definition) is 1. The Morgan fingerprint density at radius 1 is 1.26 bits per heavy atom. The van der Waals surface area contributed by atoms with Crippen molar-refractivity contribution in [2.75, 3.05) is 13.1 Å². The highest BCUT2D eigenvalue weighted by molar-refractivity contribution is 7.13. The van der Waals surface area contributed by atoms with Crippen LogP contribution in [-0.2, 0) is 0 Å². The van der Waals surface area contributed by atoms with Crippen molar-refractivity contribution in [1.29, 1.82) is 0 Å². The topological polar surface area (TPSA) is 37.8 Å². The van der Waals surface area contributed by atoms with E-state index in [9.17, 15) is 0 Å². The zero-order valence-corrected chi connectivity index (χ0v) is 12.8. The molecule has 0 saturated heterocycles. The van der Waals surface area contributed by atoms with Gasteiger partial charge in [0.25, 0.3) is 0 Å². The summed E-state index contributed by atoms with van der Waals surface area (Å²) in [5.74, 6) is 1.29. The van der Waals surface area contributed by atoms with Crippen LogP contribution in [0.5, 0.6) is 0 Å². The minimum Gasteiger partial charge on any atom is -0.316 e. The summed E-state index contributed by atoms with van der Waals surface area (Å²) in [5.41, 5.74) is 3.48. The highest BCUT2D eigenvalue weighted by Crippen LogP contribution is 2.26. The molecule has 0 aliphatic rings.